The third-order valence-corrected chi connectivity index (χ3v) is 3.80. The van der Waals surface area contributed by atoms with E-state index >= 15 is 0 Å². The summed E-state index contributed by atoms with van der Waals surface area (Å²) < 4.78 is 1.58. The van der Waals surface area contributed by atoms with Gasteiger partial charge in [0, 0.05) is 25.9 Å². The van der Waals surface area contributed by atoms with Crippen molar-refractivity contribution in [1.82, 2.24) is 34.8 Å². The van der Waals surface area contributed by atoms with E-state index in [-0.39, 0.29) is 12.5 Å². The first-order valence-corrected chi connectivity index (χ1v) is 7.69. The highest BCUT2D eigenvalue weighted by atomic mass is 16.2. The van der Waals surface area contributed by atoms with Crippen molar-refractivity contribution in [3.05, 3.63) is 42.6 Å². The number of amides is 1. The van der Waals surface area contributed by atoms with Gasteiger partial charge in [0.25, 0.3) is 0 Å². The summed E-state index contributed by atoms with van der Waals surface area (Å²) >= 11 is 0. The van der Waals surface area contributed by atoms with E-state index in [1.54, 1.807) is 37.4 Å². The zero-order chi connectivity index (χ0) is 17.4. The molecule has 25 heavy (non-hydrogen) atoms. The largest absolute Gasteiger partial charge is 0.347 e. The average Bonchev–Trinajstić information content (AvgIpc) is 3.14. The smallest absolute Gasteiger partial charge is 0.243 e. The molecule has 0 saturated carbocycles. The molecule has 9 nitrogen and oxygen atoms in total. The SMILES string of the molecule is CN(C)C(=O)Cn1cc(Nc2nc(C3=CC=C3)nc3cn[nH]c23)cn1. The Balaban J connectivity index is 1.61. The van der Waals surface area contributed by atoms with Gasteiger partial charge in [-0.3, -0.25) is 14.6 Å². The first kappa shape index (κ1) is 15.1. The first-order chi connectivity index (χ1) is 12.1. The minimum atomic E-state index is -0.0290. The molecular formula is C16H16N8O. The van der Waals surface area contributed by atoms with Gasteiger partial charge in [-0.05, 0) is 0 Å². The lowest BCUT2D eigenvalue weighted by atomic mass is 10.1. The second-order valence-corrected chi connectivity index (χ2v) is 5.85. The van der Waals surface area contributed by atoms with Crippen LogP contribution in [0.15, 0.2) is 36.8 Å². The highest BCUT2D eigenvalue weighted by molar-refractivity contribution is 5.89. The van der Waals surface area contributed by atoms with Gasteiger partial charge in [-0.15, -0.1) is 0 Å². The van der Waals surface area contributed by atoms with E-state index in [9.17, 15) is 4.79 Å². The topological polar surface area (TPSA) is 105 Å². The van der Waals surface area contributed by atoms with Crippen molar-refractivity contribution in [2.24, 2.45) is 0 Å². The van der Waals surface area contributed by atoms with Crippen LogP contribution >= 0.6 is 0 Å². The van der Waals surface area contributed by atoms with Gasteiger partial charge in [-0.2, -0.15) is 10.2 Å². The van der Waals surface area contributed by atoms with Crippen molar-refractivity contribution in [3.8, 4) is 0 Å². The molecule has 1 amide bonds. The molecular weight excluding hydrogens is 320 g/mol. The van der Waals surface area contributed by atoms with E-state index in [2.05, 4.69) is 30.6 Å². The Morgan fingerprint density at radius 3 is 2.88 bits per heavy atom. The number of hydrogen-bond donors (Lipinski definition) is 2. The number of rotatable bonds is 5. The van der Waals surface area contributed by atoms with Crippen molar-refractivity contribution in [1.29, 1.82) is 0 Å². The summed E-state index contributed by atoms with van der Waals surface area (Å²) in [6.45, 7) is 0.181. The Bertz CT molecular complexity index is 1010. The molecule has 0 atom stereocenters. The lowest BCUT2D eigenvalue weighted by molar-refractivity contribution is -0.129. The molecule has 3 aromatic heterocycles. The molecule has 0 aromatic carbocycles. The highest BCUT2D eigenvalue weighted by Crippen LogP contribution is 2.26. The van der Waals surface area contributed by atoms with E-state index in [0.717, 1.165) is 16.8 Å². The first-order valence-electron chi connectivity index (χ1n) is 7.69. The number of aromatic amines is 1. The molecule has 1 aliphatic rings. The maximum absolute atomic E-state index is 11.8. The normalized spacial score (nSPS) is 12.8. The summed E-state index contributed by atoms with van der Waals surface area (Å²) in [7, 11) is 3.43. The number of nitrogens with one attached hydrogen (secondary N) is 2. The molecule has 0 radical (unpaired) electrons. The Hall–Kier alpha value is -3.49. The summed E-state index contributed by atoms with van der Waals surface area (Å²) in [6, 6.07) is 0. The number of aromatic nitrogens is 6. The zero-order valence-electron chi connectivity index (χ0n) is 13.8. The third-order valence-electron chi connectivity index (χ3n) is 3.80. The van der Waals surface area contributed by atoms with Crippen LogP contribution in [0.5, 0.6) is 0 Å². The number of carbonyl (C=O) groups excluding carboxylic acids is 1. The van der Waals surface area contributed by atoms with Crippen molar-refractivity contribution in [3.63, 3.8) is 0 Å². The molecule has 126 valence electrons. The number of allylic oxidation sites excluding steroid dienone is 4. The number of nitrogens with zero attached hydrogens (tertiary/aromatic N) is 6. The van der Waals surface area contributed by atoms with Gasteiger partial charge in [0.05, 0.1) is 18.1 Å². The molecule has 0 unspecified atom stereocenters. The predicted octanol–water partition coefficient (Wildman–Crippen LogP) is 1.33. The second kappa shape index (κ2) is 5.86. The summed E-state index contributed by atoms with van der Waals surface area (Å²) in [6.07, 6.45) is 10.9. The quantitative estimate of drug-likeness (QED) is 0.728. The summed E-state index contributed by atoms with van der Waals surface area (Å²) in [5.41, 5.74) is 3.14. The third kappa shape index (κ3) is 2.87. The zero-order valence-corrected chi connectivity index (χ0v) is 13.8. The number of likely N-dealkylation sites (N-methyl/N-ethyl adjacent to an activating group) is 1. The van der Waals surface area contributed by atoms with Gasteiger partial charge < -0.3 is 10.2 Å². The lowest BCUT2D eigenvalue weighted by Crippen LogP contribution is -2.26. The van der Waals surface area contributed by atoms with Crippen molar-refractivity contribution < 1.29 is 4.79 Å². The second-order valence-electron chi connectivity index (χ2n) is 5.85. The molecule has 0 spiro atoms. The summed E-state index contributed by atoms with van der Waals surface area (Å²) in [4.78, 5) is 22.4. The van der Waals surface area contributed by atoms with Crippen LogP contribution < -0.4 is 5.32 Å². The van der Waals surface area contributed by atoms with Crippen molar-refractivity contribution in [2.75, 3.05) is 19.4 Å². The van der Waals surface area contributed by atoms with Gasteiger partial charge in [-0.1, -0.05) is 18.2 Å². The van der Waals surface area contributed by atoms with Crippen LogP contribution in [0.3, 0.4) is 0 Å². The minimum absolute atomic E-state index is 0.0290. The maximum atomic E-state index is 11.8. The Morgan fingerprint density at radius 2 is 2.16 bits per heavy atom. The van der Waals surface area contributed by atoms with E-state index < -0.39 is 0 Å². The number of hydrogen-bond acceptors (Lipinski definition) is 6. The fraction of sp³-hybridized carbons (Fsp3) is 0.188. The Morgan fingerprint density at radius 1 is 1.32 bits per heavy atom. The van der Waals surface area contributed by atoms with E-state index in [0.29, 0.717) is 17.2 Å². The van der Waals surface area contributed by atoms with Crippen LogP contribution in [0, 0.1) is 0 Å². The molecule has 0 fully saturated rings. The summed E-state index contributed by atoms with van der Waals surface area (Å²) in [5, 5.41) is 14.4. The standard InChI is InChI=1S/C16H16N8O/c1-23(2)13(25)9-24-8-11(6-18-24)19-16-14-12(7-17-22-14)20-15(21-16)10-4-3-5-10/h3-8H,9H2,1-2H3,(H,17,22)(H,19,20,21). The number of anilines is 2. The fourth-order valence-electron chi connectivity index (χ4n) is 2.33. The van der Waals surface area contributed by atoms with Crippen LogP contribution in [-0.4, -0.2) is 54.8 Å². The molecule has 0 bridgehead atoms. The van der Waals surface area contributed by atoms with E-state index in [1.165, 1.54) is 4.90 Å². The number of carbonyl (C=O) groups is 1. The molecule has 9 heteroatoms. The lowest BCUT2D eigenvalue weighted by Gasteiger charge is -2.10. The monoisotopic (exact) mass is 336 g/mol. The molecule has 0 aliphatic heterocycles. The van der Waals surface area contributed by atoms with Crippen LogP contribution in [0.2, 0.25) is 0 Å². The number of fused-ring (bicyclic) bond motifs is 1. The Labute approximate surface area is 143 Å². The van der Waals surface area contributed by atoms with Gasteiger partial charge in [0.15, 0.2) is 11.6 Å². The van der Waals surface area contributed by atoms with Crippen LogP contribution in [0.25, 0.3) is 16.6 Å². The van der Waals surface area contributed by atoms with Gasteiger partial charge in [-0.25, -0.2) is 9.97 Å². The molecule has 2 N–H and O–H groups in total. The summed E-state index contributed by atoms with van der Waals surface area (Å²) in [5.74, 6) is 1.21. The molecule has 1 aliphatic carbocycles. The van der Waals surface area contributed by atoms with Gasteiger partial charge in [0.2, 0.25) is 5.91 Å². The molecule has 0 saturated heterocycles. The van der Waals surface area contributed by atoms with Crippen LogP contribution in [0.4, 0.5) is 11.5 Å². The fourth-order valence-corrected chi connectivity index (χ4v) is 2.33. The van der Waals surface area contributed by atoms with Gasteiger partial charge in [0.1, 0.15) is 17.6 Å². The highest BCUT2D eigenvalue weighted by Gasteiger charge is 2.14. The van der Waals surface area contributed by atoms with E-state index in [4.69, 9.17) is 0 Å². The predicted molar refractivity (Wildman–Crippen MR) is 93.0 cm³/mol. The molecule has 4 rings (SSSR count). The molecule has 3 aromatic rings. The van der Waals surface area contributed by atoms with Crippen LogP contribution in [0.1, 0.15) is 5.82 Å². The minimum Gasteiger partial charge on any atom is -0.347 e. The molecule has 3 heterocycles. The van der Waals surface area contributed by atoms with Crippen molar-refractivity contribution in [2.45, 2.75) is 6.54 Å². The number of H-pyrrole nitrogens is 1. The van der Waals surface area contributed by atoms with Gasteiger partial charge >= 0.3 is 0 Å². The Kier molecular flexibility index (Phi) is 3.53. The average molecular weight is 336 g/mol. The maximum Gasteiger partial charge on any atom is 0.243 e. The van der Waals surface area contributed by atoms with E-state index in [1.807, 2.05) is 18.2 Å². The van der Waals surface area contributed by atoms with Crippen LogP contribution in [-0.2, 0) is 11.3 Å². The van der Waals surface area contributed by atoms with Crippen molar-refractivity contribution >= 4 is 34.0 Å².